The summed E-state index contributed by atoms with van der Waals surface area (Å²) < 4.78 is 28.2. The summed E-state index contributed by atoms with van der Waals surface area (Å²) >= 11 is 0. The minimum absolute atomic E-state index is 0.182. The Kier molecular flexibility index (Phi) is 3.20. The van der Waals surface area contributed by atoms with E-state index in [2.05, 4.69) is 0 Å². The maximum Gasteiger partial charge on any atom is 0.410 e. The molecule has 120 valence electrons. The molecule has 2 saturated heterocycles. The highest BCUT2D eigenvalue weighted by atomic mass is 16.6. The fourth-order valence-corrected chi connectivity index (χ4v) is 3.14. The number of hydrogen-bond acceptors (Lipinski definition) is 4. The van der Waals surface area contributed by atoms with Crippen LogP contribution in [0.4, 0.5) is 4.79 Å². The lowest BCUT2D eigenvalue weighted by molar-refractivity contribution is -0.138. The Balaban J connectivity index is 2.09. The maximum atomic E-state index is 12.3. The summed E-state index contributed by atoms with van der Waals surface area (Å²) in [4.78, 5) is 26.1. The number of hydrazine groups is 1. The van der Waals surface area contributed by atoms with Crippen molar-refractivity contribution in [3.8, 4) is 0 Å². The summed E-state index contributed by atoms with van der Waals surface area (Å²) in [6.45, 7) is 6.17. The SMILES string of the molecule is [2H]C([2H])([2H])N1C(=O)CC2(CCN(C(=O)OC(C)(C)C)CC2)N1CC. The largest absolute Gasteiger partial charge is 0.444 e. The van der Waals surface area contributed by atoms with E-state index < -0.39 is 18.1 Å². The molecule has 0 saturated carbocycles. The minimum Gasteiger partial charge on any atom is -0.444 e. The molecule has 0 bridgehead atoms. The lowest BCUT2D eigenvalue weighted by atomic mass is 9.85. The monoisotopic (exact) mass is 300 g/mol. The van der Waals surface area contributed by atoms with Crippen LogP contribution in [0.3, 0.4) is 0 Å². The first-order valence-corrected chi connectivity index (χ1v) is 7.48. The van der Waals surface area contributed by atoms with Crippen molar-refractivity contribution >= 4 is 12.0 Å². The smallest absolute Gasteiger partial charge is 0.410 e. The van der Waals surface area contributed by atoms with Crippen LogP contribution in [0.15, 0.2) is 0 Å². The molecule has 0 aliphatic carbocycles. The van der Waals surface area contributed by atoms with Crippen molar-refractivity contribution < 1.29 is 18.4 Å². The molecule has 2 amide bonds. The van der Waals surface area contributed by atoms with Crippen LogP contribution in [0.25, 0.3) is 0 Å². The van der Waals surface area contributed by atoms with Gasteiger partial charge in [0.15, 0.2) is 0 Å². The van der Waals surface area contributed by atoms with Crippen molar-refractivity contribution in [2.75, 3.05) is 26.6 Å². The van der Waals surface area contributed by atoms with Gasteiger partial charge >= 0.3 is 6.09 Å². The summed E-state index contributed by atoms with van der Waals surface area (Å²) in [5.41, 5.74) is -1.07. The molecule has 6 heteroatoms. The third-order valence-corrected chi connectivity index (χ3v) is 4.15. The van der Waals surface area contributed by atoms with E-state index in [1.54, 1.807) is 9.91 Å². The van der Waals surface area contributed by atoms with Crippen LogP contribution in [0.2, 0.25) is 0 Å². The molecule has 0 aromatic rings. The maximum absolute atomic E-state index is 12.3. The molecule has 2 heterocycles. The van der Waals surface area contributed by atoms with Crippen molar-refractivity contribution in [2.24, 2.45) is 0 Å². The predicted octanol–water partition coefficient (Wildman–Crippen LogP) is 1.86. The third-order valence-electron chi connectivity index (χ3n) is 4.15. The standard InChI is InChI=1S/C15H27N3O3/c1-6-18-15(11-12(19)16(18)5)7-9-17(10-8-15)13(20)21-14(2,3)4/h6-11H2,1-5H3/i5D3. The van der Waals surface area contributed by atoms with E-state index in [4.69, 9.17) is 8.85 Å². The molecule has 1 spiro atoms. The zero-order valence-corrected chi connectivity index (χ0v) is 13.3. The van der Waals surface area contributed by atoms with Crippen LogP contribution in [-0.4, -0.2) is 64.7 Å². The van der Waals surface area contributed by atoms with Crippen LogP contribution in [0.1, 0.15) is 51.1 Å². The van der Waals surface area contributed by atoms with E-state index in [1.165, 1.54) is 0 Å². The van der Waals surface area contributed by atoms with Crippen LogP contribution < -0.4 is 0 Å². The zero-order valence-electron chi connectivity index (χ0n) is 16.3. The second kappa shape index (κ2) is 5.48. The highest BCUT2D eigenvalue weighted by Gasteiger charge is 2.49. The van der Waals surface area contributed by atoms with Gasteiger partial charge in [0.25, 0.3) is 0 Å². The molecule has 2 fully saturated rings. The van der Waals surface area contributed by atoms with E-state index >= 15 is 0 Å². The zero-order chi connectivity index (χ0) is 18.3. The van der Waals surface area contributed by atoms with Gasteiger partial charge in [0.1, 0.15) is 5.60 Å². The van der Waals surface area contributed by atoms with Gasteiger partial charge in [0.05, 0.1) is 5.54 Å². The molecule has 0 N–H and O–H groups in total. The van der Waals surface area contributed by atoms with Gasteiger partial charge in [-0.15, -0.1) is 0 Å². The molecule has 0 aromatic heterocycles. The summed E-state index contributed by atoms with van der Waals surface area (Å²) in [6.07, 6.45) is 0.926. The van der Waals surface area contributed by atoms with Gasteiger partial charge in [0, 0.05) is 37.1 Å². The van der Waals surface area contributed by atoms with Gasteiger partial charge in [-0.2, -0.15) is 0 Å². The first-order chi connectivity index (χ1) is 10.9. The highest BCUT2D eigenvalue weighted by molar-refractivity contribution is 5.79. The topological polar surface area (TPSA) is 53.1 Å². The minimum atomic E-state index is -2.47. The van der Waals surface area contributed by atoms with Crippen molar-refractivity contribution in [2.45, 2.75) is 58.1 Å². The Morgan fingerprint density at radius 1 is 1.38 bits per heavy atom. The first kappa shape index (κ1) is 12.3. The Morgan fingerprint density at radius 3 is 2.48 bits per heavy atom. The van der Waals surface area contributed by atoms with Crippen molar-refractivity contribution in [1.82, 2.24) is 14.9 Å². The summed E-state index contributed by atoms with van der Waals surface area (Å²) in [7, 11) is 0. The Bertz CT molecular complexity index is 508. The summed E-state index contributed by atoms with van der Waals surface area (Å²) in [6, 6.07) is 0. The van der Waals surface area contributed by atoms with Crippen LogP contribution >= 0.6 is 0 Å². The summed E-state index contributed by atoms with van der Waals surface area (Å²) in [5.74, 6) is -0.373. The molecule has 0 atom stereocenters. The quantitative estimate of drug-likeness (QED) is 0.741. The van der Waals surface area contributed by atoms with Crippen LogP contribution in [-0.2, 0) is 9.53 Å². The number of carbonyl (C=O) groups is 2. The van der Waals surface area contributed by atoms with Crippen LogP contribution in [0.5, 0.6) is 0 Å². The second-order valence-electron chi connectivity index (χ2n) is 6.79. The van der Waals surface area contributed by atoms with Crippen LogP contribution in [0, 0.1) is 0 Å². The summed E-state index contributed by atoms with van der Waals surface area (Å²) in [5, 5.41) is 2.60. The molecule has 0 unspecified atom stereocenters. The molecule has 2 aliphatic heterocycles. The average molecular weight is 300 g/mol. The van der Waals surface area contributed by atoms with Gasteiger partial charge < -0.3 is 9.64 Å². The molecule has 2 aliphatic rings. The number of nitrogens with zero attached hydrogens (tertiary/aromatic N) is 3. The lowest BCUT2D eigenvalue weighted by Gasteiger charge is -2.44. The first-order valence-electron chi connectivity index (χ1n) is 8.98. The van der Waals surface area contributed by atoms with Crippen molar-refractivity contribution in [3.63, 3.8) is 0 Å². The van der Waals surface area contributed by atoms with E-state index in [0.717, 1.165) is 5.01 Å². The van der Waals surface area contributed by atoms with E-state index in [-0.39, 0.29) is 18.4 Å². The van der Waals surface area contributed by atoms with Crippen molar-refractivity contribution in [3.05, 3.63) is 0 Å². The Labute approximate surface area is 131 Å². The number of piperidine rings is 1. The molecule has 0 radical (unpaired) electrons. The number of carbonyl (C=O) groups excluding carboxylic acids is 2. The highest BCUT2D eigenvalue weighted by Crippen LogP contribution is 2.38. The molecular formula is C15H27N3O3. The fourth-order valence-electron chi connectivity index (χ4n) is 3.14. The Hall–Kier alpha value is -1.30. The van der Waals surface area contributed by atoms with E-state index in [0.29, 0.717) is 32.5 Å². The Morgan fingerprint density at radius 2 is 2.00 bits per heavy atom. The van der Waals surface area contributed by atoms with Crippen molar-refractivity contribution in [1.29, 1.82) is 0 Å². The molecule has 2 rings (SSSR count). The number of ether oxygens (including phenoxy) is 1. The number of likely N-dealkylation sites (tertiary alicyclic amines) is 1. The normalized spacial score (nSPS) is 25.7. The number of hydrogen-bond donors (Lipinski definition) is 0. The predicted molar refractivity (Wildman–Crippen MR) is 79.5 cm³/mol. The van der Waals surface area contributed by atoms with E-state index in [9.17, 15) is 9.59 Å². The third kappa shape index (κ3) is 3.15. The second-order valence-corrected chi connectivity index (χ2v) is 6.79. The molecular weight excluding hydrogens is 270 g/mol. The molecule has 6 nitrogen and oxygen atoms in total. The number of amides is 2. The van der Waals surface area contributed by atoms with Gasteiger partial charge in [0.2, 0.25) is 5.91 Å². The molecule has 21 heavy (non-hydrogen) atoms. The van der Waals surface area contributed by atoms with Gasteiger partial charge in [-0.1, -0.05) is 6.92 Å². The average Bonchev–Trinajstić information content (AvgIpc) is 2.69. The number of rotatable bonds is 1. The van der Waals surface area contributed by atoms with E-state index in [1.807, 2.05) is 27.7 Å². The van der Waals surface area contributed by atoms with Gasteiger partial charge in [-0.05, 0) is 33.6 Å². The lowest BCUT2D eigenvalue weighted by Crippen LogP contribution is -2.55. The van der Waals surface area contributed by atoms with Gasteiger partial charge in [-0.25, -0.2) is 9.80 Å². The molecule has 0 aromatic carbocycles. The fraction of sp³-hybridized carbons (Fsp3) is 0.867. The van der Waals surface area contributed by atoms with Gasteiger partial charge in [-0.3, -0.25) is 9.80 Å².